The first-order valence-electron chi connectivity index (χ1n) is 5.97. The molecule has 0 unspecified atom stereocenters. The molecule has 100 valence electrons. The summed E-state index contributed by atoms with van der Waals surface area (Å²) < 4.78 is 0. The van der Waals surface area contributed by atoms with Gasteiger partial charge in [0.05, 0.1) is 10.5 Å². The minimum absolute atomic E-state index is 0.114. The molecule has 2 heterocycles. The largest absolute Gasteiger partial charge is 0.348 e. The minimum atomic E-state index is -0.488. The highest BCUT2D eigenvalue weighted by Crippen LogP contribution is 2.28. The van der Waals surface area contributed by atoms with Gasteiger partial charge in [0, 0.05) is 37.4 Å². The third-order valence-electron chi connectivity index (χ3n) is 3.04. The SMILES string of the molecule is CC1(C)CN(c2ncc(C#N)cc2[N+](=O)[O-])CCN1. The highest BCUT2D eigenvalue weighted by atomic mass is 16.6. The van der Waals surface area contributed by atoms with Crippen LogP contribution in [0.1, 0.15) is 19.4 Å². The number of nitriles is 1. The maximum atomic E-state index is 11.1. The monoisotopic (exact) mass is 261 g/mol. The number of nitrogens with one attached hydrogen (secondary N) is 1. The van der Waals surface area contributed by atoms with Crippen LogP contribution in [-0.4, -0.2) is 35.1 Å². The molecule has 1 saturated heterocycles. The number of aromatic nitrogens is 1. The van der Waals surface area contributed by atoms with Gasteiger partial charge in [0.25, 0.3) is 0 Å². The molecule has 1 aliphatic heterocycles. The molecule has 7 nitrogen and oxygen atoms in total. The second kappa shape index (κ2) is 4.82. The van der Waals surface area contributed by atoms with Gasteiger partial charge in [-0.15, -0.1) is 0 Å². The Balaban J connectivity index is 2.39. The van der Waals surface area contributed by atoms with Gasteiger partial charge >= 0.3 is 5.69 Å². The van der Waals surface area contributed by atoms with Crippen molar-refractivity contribution in [2.45, 2.75) is 19.4 Å². The second-order valence-electron chi connectivity index (χ2n) is 5.17. The Morgan fingerprint density at radius 2 is 2.37 bits per heavy atom. The summed E-state index contributed by atoms with van der Waals surface area (Å²) in [6.45, 7) is 6.10. The summed E-state index contributed by atoms with van der Waals surface area (Å²) in [5.41, 5.74) is -0.0385. The number of nitro groups is 1. The molecule has 0 aromatic carbocycles. The maximum absolute atomic E-state index is 11.1. The standard InChI is InChI=1S/C12H15N5O2/c1-12(2)8-16(4-3-15-12)11-10(17(18)19)5-9(6-13)7-14-11/h5,7,15H,3-4,8H2,1-2H3. The molecular formula is C12H15N5O2. The molecule has 7 heteroatoms. The highest BCUT2D eigenvalue weighted by Gasteiger charge is 2.30. The van der Waals surface area contributed by atoms with Crippen molar-refractivity contribution >= 4 is 11.5 Å². The number of rotatable bonds is 2. The van der Waals surface area contributed by atoms with Crippen LogP contribution < -0.4 is 10.2 Å². The Morgan fingerprint density at radius 3 is 2.95 bits per heavy atom. The second-order valence-corrected chi connectivity index (χ2v) is 5.17. The summed E-state index contributed by atoms with van der Waals surface area (Å²) in [7, 11) is 0. The van der Waals surface area contributed by atoms with Crippen LogP contribution in [-0.2, 0) is 0 Å². The van der Waals surface area contributed by atoms with Gasteiger partial charge in [0.15, 0.2) is 0 Å². The molecule has 1 aromatic heterocycles. The molecule has 0 saturated carbocycles. The Hall–Kier alpha value is -2.20. The average Bonchev–Trinajstić information content (AvgIpc) is 2.36. The molecule has 1 fully saturated rings. The van der Waals surface area contributed by atoms with Crippen LogP contribution in [0.4, 0.5) is 11.5 Å². The van der Waals surface area contributed by atoms with E-state index in [4.69, 9.17) is 5.26 Å². The van der Waals surface area contributed by atoms with E-state index in [0.29, 0.717) is 18.9 Å². The van der Waals surface area contributed by atoms with Crippen LogP contribution in [0, 0.1) is 21.4 Å². The zero-order valence-corrected chi connectivity index (χ0v) is 10.9. The lowest BCUT2D eigenvalue weighted by molar-refractivity contribution is -0.384. The van der Waals surface area contributed by atoms with Crippen molar-refractivity contribution < 1.29 is 4.92 Å². The van der Waals surface area contributed by atoms with Crippen LogP contribution >= 0.6 is 0 Å². The third-order valence-corrected chi connectivity index (χ3v) is 3.04. The Labute approximate surface area is 111 Å². The van der Waals surface area contributed by atoms with E-state index in [1.54, 1.807) is 0 Å². The Kier molecular flexibility index (Phi) is 3.36. The summed E-state index contributed by atoms with van der Waals surface area (Å²) in [6, 6.07) is 3.15. The van der Waals surface area contributed by atoms with Crippen LogP contribution in [0.25, 0.3) is 0 Å². The maximum Gasteiger partial charge on any atom is 0.312 e. The van der Waals surface area contributed by atoms with Gasteiger partial charge < -0.3 is 10.2 Å². The fourth-order valence-corrected chi connectivity index (χ4v) is 2.21. The van der Waals surface area contributed by atoms with E-state index in [1.165, 1.54) is 12.3 Å². The zero-order chi connectivity index (χ0) is 14.0. The summed E-state index contributed by atoms with van der Waals surface area (Å²) in [5, 5.41) is 23.2. The van der Waals surface area contributed by atoms with E-state index in [2.05, 4.69) is 10.3 Å². The van der Waals surface area contributed by atoms with Gasteiger partial charge in [-0.05, 0) is 13.8 Å². The molecule has 0 atom stereocenters. The van der Waals surface area contributed by atoms with Gasteiger partial charge in [-0.3, -0.25) is 10.1 Å². The fraction of sp³-hybridized carbons (Fsp3) is 0.500. The van der Waals surface area contributed by atoms with Gasteiger partial charge in [0.1, 0.15) is 6.07 Å². The quantitative estimate of drug-likeness (QED) is 0.631. The van der Waals surface area contributed by atoms with Crippen molar-refractivity contribution in [3.63, 3.8) is 0 Å². The number of piperazine rings is 1. The lowest BCUT2D eigenvalue weighted by Crippen LogP contribution is -2.57. The summed E-state index contributed by atoms with van der Waals surface area (Å²) in [4.78, 5) is 16.6. The first-order chi connectivity index (χ1) is 8.93. The summed E-state index contributed by atoms with van der Waals surface area (Å²) in [6.07, 6.45) is 1.37. The van der Waals surface area contributed by atoms with Crippen LogP contribution in [0.5, 0.6) is 0 Å². The fourth-order valence-electron chi connectivity index (χ4n) is 2.21. The molecule has 1 aromatic rings. The highest BCUT2D eigenvalue weighted by molar-refractivity contribution is 5.60. The molecule has 0 amide bonds. The van der Waals surface area contributed by atoms with Crippen LogP contribution in [0.15, 0.2) is 12.3 Å². The molecule has 1 aliphatic rings. The molecule has 19 heavy (non-hydrogen) atoms. The molecule has 0 spiro atoms. The molecule has 2 rings (SSSR count). The first-order valence-corrected chi connectivity index (χ1v) is 5.97. The molecule has 0 radical (unpaired) electrons. The molecular weight excluding hydrogens is 246 g/mol. The van der Waals surface area contributed by atoms with E-state index in [0.717, 1.165) is 6.54 Å². The number of nitrogens with zero attached hydrogens (tertiary/aromatic N) is 4. The zero-order valence-electron chi connectivity index (χ0n) is 10.9. The normalized spacial score (nSPS) is 17.8. The Bertz CT molecular complexity index is 550. The van der Waals surface area contributed by atoms with Crippen molar-refractivity contribution in [2.24, 2.45) is 0 Å². The molecule has 0 bridgehead atoms. The summed E-state index contributed by atoms with van der Waals surface area (Å²) in [5.74, 6) is 0.332. The van der Waals surface area contributed by atoms with Crippen molar-refractivity contribution in [3.05, 3.63) is 27.9 Å². The predicted molar refractivity (Wildman–Crippen MR) is 69.9 cm³/mol. The number of pyridine rings is 1. The average molecular weight is 261 g/mol. The number of hydrogen-bond acceptors (Lipinski definition) is 6. The van der Waals surface area contributed by atoms with E-state index < -0.39 is 4.92 Å². The third kappa shape index (κ3) is 2.80. The Morgan fingerprint density at radius 1 is 1.63 bits per heavy atom. The predicted octanol–water partition coefficient (Wildman–Crippen LogP) is 1.05. The minimum Gasteiger partial charge on any atom is -0.348 e. The van der Waals surface area contributed by atoms with E-state index in [9.17, 15) is 10.1 Å². The van der Waals surface area contributed by atoms with Gasteiger partial charge in [-0.2, -0.15) is 5.26 Å². The van der Waals surface area contributed by atoms with Gasteiger partial charge in [0.2, 0.25) is 5.82 Å². The topological polar surface area (TPSA) is 95.1 Å². The van der Waals surface area contributed by atoms with E-state index in [1.807, 2.05) is 24.8 Å². The van der Waals surface area contributed by atoms with Gasteiger partial charge in [-0.1, -0.05) is 0 Å². The van der Waals surface area contributed by atoms with Crippen molar-refractivity contribution in [1.82, 2.24) is 10.3 Å². The number of anilines is 1. The van der Waals surface area contributed by atoms with Crippen LogP contribution in [0.2, 0.25) is 0 Å². The van der Waals surface area contributed by atoms with Gasteiger partial charge in [-0.25, -0.2) is 4.98 Å². The number of hydrogen-bond donors (Lipinski definition) is 1. The first kappa shape index (κ1) is 13.2. The van der Waals surface area contributed by atoms with Crippen molar-refractivity contribution in [1.29, 1.82) is 5.26 Å². The lowest BCUT2D eigenvalue weighted by atomic mass is 10.0. The van der Waals surface area contributed by atoms with Crippen molar-refractivity contribution in [3.8, 4) is 6.07 Å². The molecule has 1 N–H and O–H groups in total. The lowest BCUT2D eigenvalue weighted by Gasteiger charge is -2.39. The van der Waals surface area contributed by atoms with E-state index in [-0.39, 0.29) is 16.8 Å². The smallest absolute Gasteiger partial charge is 0.312 e. The van der Waals surface area contributed by atoms with Crippen molar-refractivity contribution in [2.75, 3.05) is 24.5 Å². The summed E-state index contributed by atoms with van der Waals surface area (Å²) >= 11 is 0. The van der Waals surface area contributed by atoms with E-state index >= 15 is 0 Å². The molecule has 0 aliphatic carbocycles. The van der Waals surface area contributed by atoms with Crippen LogP contribution in [0.3, 0.4) is 0 Å².